The van der Waals surface area contributed by atoms with Gasteiger partial charge in [-0.05, 0) is 60.7 Å². The fourth-order valence-corrected chi connectivity index (χ4v) is 3.62. The van der Waals surface area contributed by atoms with Crippen molar-refractivity contribution >= 4 is 11.6 Å². The lowest BCUT2D eigenvalue weighted by Crippen LogP contribution is -2.11. The molecule has 4 rings (SSSR count). The summed E-state index contributed by atoms with van der Waals surface area (Å²) in [4.78, 5) is 12.5. The first kappa shape index (κ1) is 18.4. The van der Waals surface area contributed by atoms with Gasteiger partial charge in [0, 0.05) is 29.8 Å². The molecule has 1 aliphatic rings. The highest BCUT2D eigenvalue weighted by Gasteiger charge is 2.16. The first-order valence-corrected chi connectivity index (χ1v) is 10.1. The van der Waals surface area contributed by atoms with Gasteiger partial charge in [-0.2, -0.15) is 0 Å². The van der Waals surface area contributed by atoms with Crippen LogP contribution in [0, 0.1) is 0 Å². The molecule has 1 N–H and O–H groups in total. The van der Waals surface area contributed by atoms with Crippen LogP contribution in [0.4, 0.5) is 5.69 Å². The summed E-state index contributed by atoms with van der Waals surface area (Å²) in [6, 6.07) is 15.6. The average molecular weight is 374 g/mol. The normalized spacial score (nSPS) is 13.8. The molecular weight excluding hydrogens is 348 g/mol. The van der Waals surface area contributed by atoms with Crippen molar-refractivity contribution in [1.29, 1.82) is 0 Å². The topological polar surface area (TPSA) is 59.8 Å². The summed E-state index contributed by atoms with van der Waals surface area (Å²) in [7, 11) is 0. The molecule has 2 heterocycles. The van der Waals surface area contributed by atoms with Gasteiger partial charge >= 0.3 is 0 Å². The largest absolute Gasteiger partial charge is 0.322 e. The molecular formula is C23H26N4O. The minimum atomic E-state index is -0.0978. The number of aromatic nitrogens is 3. The van der Waals surface area contributed by atoms with Crippen molar-refractivity contribution < 1.29 is 4.79 Å². The highest BCUT2D eigenvalue weighted by Crippen LogP contribution is 2.24. The summed E-state index contributed by atoms with van der Waals surface area (Å²) in [6.07, 6.45) is 4.59. The van der Waals surface area contributed by atoms with E-state index in [1.54, 1.807) is 0 Å². The number of hydrogen-bond acceptors (Lipinski definition) is 3. The van der Waals surface area contributed by atoms with E-state index in [2.05, 4.69) is 33.9 Å². The second-order valence-corrected chi connectivity index (χ2v) is 7.71. The molecule has 5 heteroatoms. The number of anilines is 1. The number of nitrogens with one attached hydrogen (secondary N) is 1. The zero-order valence-electron chi connectivity index (χ0n) is 16.5. The number of fused-ring (bicyclic) bond motifs is 1. The molecule has 1 aliphatic heterocycles. The van der Waals surface area contributed by atoms with Crippen molar-refractivity contribution in [2.45, 2.75) is 52.0 Å². The summed E-state index contributed by atoms with van der Waals surface area (Å²) in [6.45, 7) is 5.26. The molecule has 0 radical (unpaired) electrons. The zero-order chi connectivity index (χ0) is 19.5. The van der Waals surface area contributed by atoms with Crippen LogP contribution < -0.4 is 5.32 Å². The quantitative estimate of drug-likeness (QED) is 0.695. The van der Waals surface area contributed by atoms with Crippen molar-refractivity contribution in [3.05, 3.63) is 65.5 Å². The lowest BCUT2D eigenvalue weighted by molar-refractivity contribution is 0.102. The zero-order valence-corrected chi connectivity index (χ0v) is 16.5. The van der Waals surface area contributed by atoms with Crippen LogP contribution in [0.5, 0.6) is 0 Å². The highest BCUT2D eigenvalue weighted by atomic mass is 16.1. The number of benzene rings is 2. The van der Waals surface area contributed by atoms with Crippen LogP contribution in [-0.2, 0) is 13.0 Å². The summed E-state index contributed by atoms with van der Waals surface area (Å²) < 4.78 is 2.23. The van der Waals surface area contributed by atoms with Crippen LogP contribution in [0.1, 0.15) is 60.8 Å². The van der Waals surface area contributed by atoms with E-state index in [9.17, 15) is 4.79 Å². The Morgan fingerprint density at radius 3 is 2.43 bits per heavy atom. The summed E-state index contributed by atoms with van der Waals surface area (Å²) >= 11 is 0. The molecule has 0 bridgehead atoms. The Kier molecular flexibility index (Phi) is 5.24. The summed E-state index contributed by atoms with van der Waals surface area (Å²) in [5.41, 5.74) is 3.70. The molecule has 0 fully saturated rings. The van der Waals surface area contributed by atoms with Crippen LogP contribution in [0.2, 0.25) is 0 Å². The van der Waals surface area contributed by atoms with E-state index in [1.807, 2.05) is 48.5 Å². The third-order valence-corrected chi connectivity index (χ3v) is 5.35. The van der Waals surface area contributed by atoms with Gasteiger partial charge in [0.1, 0.15) is 5.82 Å². The van der Waals surface area contributed by atoms with E-state index in [1.165, 1.54) is 24.8 Å². The van der Waals surface area contributed by atoms with Crippen molar-refractivity contribution in [2.24, 2.45) is 0 Å². The van der Waals surface area contributed by atoms with Crippen LogP contribution in [0.15, 0.2) is 48.5 Å². The number of hydrogen-bond donors (Lipinski definition) is 1. The molecule has 0 saturated carbocycles. The molecule has 0 spiro atoms. The third kappa shape index (κ3) is 3.84. The second kappa shape index (κ2) is 7.97. The lowest BCUT2D eigenvalue weighted by atomic mass is 10.0. The maximum atomic E-state index is 12.5. The molecule has 0 unspecified atom stereocenters. The lowest BCUT2D eigenvalue weighted by Gasteiger charge is -2.10. The van der Waals surface area contributed by atoms with Gasteiger partial charge in [0.05, 0.1) is 0 Å². The molecule has 2 aromatic carbocycles. The number of amides is 1. The van der Waals surface area contributed by atoms with Crippen LogP contribution >= 0.6 is 0 Å². The Morgan fingerprint density at radius 1 is 0.964 bits per heavy atom. The SMILES string of the molecule is CC(C)c1ccc(C(=O)Nc2ccc(-c3nnc4n3CCCCC4)cc2)cc1. The molecule has 0 aliphatic carbocycles. The Hall–Kier alpha value is -2.95. The van der Waals surface area contributed by atoms with Gasteiger partial charge in [0.15, 0.2) is 5.82 Å². The number of aryl methyl sites for hydroxylation is 1. The van der Waals surface area contributed by atoms with E-state index in [0.717, 1.165) is 35.9 Å². The molecule has 3 aromatic rings. The highest BCUT2D eigenvalue weighted by molar-refractivity contribution is 6.04. The first-order valence-electron chi connectivity index (χ1n) is 10.1. The number of carbonyl (C=O) groups is 1. The van der Waals surface area contributed by atoms with Gasteiger partial charge in [-0.25, -0.2) is 0 Å². The van der Waals surface area contributed by atoms with E-state index < -0.39 is 0 Å². The average Bonchev–Trinajstić information content (AvgIpc) is 2.96. The fourth-order valence-electron chi connectivity index (χ4n) is 3.62. The fraction of sp³-hybridized carbons (Fsp3) is 0.348. The van der Waals surface area contributed by atoms with Gasteiger partial charge in [0.2, 0.25) is 0 Å². The molecule has 0 atom stereocenters. The maximum Gasteiger partial charge on any atom is 0.255 e. The van der Waals surface area contributed by atoms with Gasteiger partial charge in [-0.1, -0.05) is 32.4 Å². The van der Waals surface area contributed by atoms with Crippen LogP contribution in [0.25, 0.3) is 11.4 Å². The van der Waals surface area contributed by atoms with Crippen LogP contribution in [-0.4, -0.2) is 20.7 Å². The number of rotatable bonds is 4. The van der Waals surface area contributed by atoms with Gasteiger partial charge in [0.25, 0.3) is 5.91 Å². The molecule has 5 nitrogen and oxygen atoms in total. The Morgan fingerprint density at radius 2 is 1.71 bits per heavy atom. The van der Waals surface area contributed by atoms with Crippen molar-refractivity contribution in [3.63, 3.8) is 0 Å². The summed E-state index contributed by atoms with van der Waals surface area (Å²) in [5.74, 6) is 2.35. The van der Waals surface area contributed by atoms with Gasteiger partial charge < -0.3 is 9.88 Å². The molecule has 1 aromatic heterocycles. The van der Waals surface area contributed by atoms with Crippen molar-refractivity contribution in [1.82, 2.24) is 14.8 Å². The monoisotopic (exact) mass is 374 g/mol. The Labute approximate surface area is 165 Å². The van der Waals surface area contributed by atoms with E-state index in [4.69, 9.17) is 0 Å². The van der Waals surface area contributed by atoms with Gasteiger partial charge in [-0.3, -0.25) is 4.79 Å². The van der Waals surface area contributed by atoms with Crippen molar-refractivity contribution in [3.8, 4) is 11.4 Å². The van der Waals surface area contributed by atoms with E-state index >= 15 is 0 Å². The minimum absolute atomic E-state index is 0.0978. The molecule has 144 valence electrons. The second-order valence-electron chi connectivity index (χ2n) is 7.71. The predicted octanol–water partition coefficient (Wildman–Crippen LogP) is 5.05. The molecule has 1 amide bonds. The molecule has 28 heavy (non-hydrogen) atoms. The predicted molar refractivity (Wildman–Crippen MR) is 111 cm³/mol. The standard InChI is InChI=1S/C23H26N4O/c1-16(2)17-7-9-19(10-8-17)23(28)24-20-13-11-18(12-14-20)22-26-25-21-6-4-3-5-15-27(21)22/h7-14,16H,3-6,15H2,1-2H3,(H,24,28). The number of carbonyl (C=O) groups excluding carboxylic acids is 1. The van der Waals surface area contributed by atoms with Crippen molar-refractivity contribution in [2.75, 3.05) is 5.32 Å². The Balaban J connectivity index is 1.48. The third-order valence-electron chi connectivity index (χ3n) is 5.35. The van der Waals surface area contributed by atoms with E-state index in [0.29, 0.717) is 11.5 Å². The van der Waals surface area contributed by atoms with Crippen LogP contribution in [0.3, 0.4) is 0 Å². The summed E-state index contributed by atoms with van der Waals surface area (Å²) in [5, 5.41) is 11.7. The smallest absolute Gasteiger partial charge is 0.255 e. The Bertz CT molecular complexity index is 955. The van der Waals surface area contributed by atoms with E-state index in [-0.39, 0.29) is 5.91 Å². The maximum absolute atomic E-state index is 12.5. The minimum Gasteiger partial charge on any atom is -0.322 e. The first-order chi connectivity index (χ1) is 13.6. The van der Waals surface area contributed by atoms with Gasteiger partial charge in [-0.15, -0.1) is 10.2 Å². The number of nitrogens with zero attached hydrogens (tertiary/aromatic N) is 3. The molecule has 0 saturated heterocycles.